The number of hydrogen-bond donors (Lipinski definition) is 1. The summed E-state index contributed by atoms with van der Waals surface area (Å²) in [7, 11) is 0. The average Bonchev–Trinajstić information content (AvgIpc) is 2.76. The summed E-state index contributed by atoms with van der Waals surface area (Å²) in [5, 5.41) is 9.24. The number of benzene rings is 1. The zero-order valence-corrected chi connectivity index (χ0v) is 10.2. The molecular formula is C14H16OS. The van der Waals surface area contributed by atoms with Gasteiger partial charge in [0.25, 0.3) is 0 Å². The molecule has 1 nitrogen and oxygen atoms in total. The third-order valence-corrected chi connectivity index (χ3v) is 3.72. The maximum atomic E-state index is 9.24. The summed E-state index contributed by atoms with van der Waals surface area (Å²) in [5.74, 6) is 0. The van der Waals surface area contributed by atoms with Gasteiger partial charge in [-0.15, -0.1) is 11.3 Å². The van der Waals surface area contributed by atoms with E-state index < -0.39 is 0 Å². The SMILES string of the molecule is C[C@@H](O)CCc1ccc(-c2ccccc2)s1. The predicted octanol–water partition coefficient (Wildman–Crippen LogP) is 3.73. The summed E-state index contributed by atoms with van der Waals surface area (Å²) in [5.41, 5.74) is 1.27. The van der Waals surface area contributed by atoms with E-state index in [4.69, 9.17) is 0 Å². The molecule has 1 aromatic heterocycles. The van der Waals surface area contributed by atoms with Gasteiger partial charge in [0, 0.05) is 9.75 Å². The molecule has 1 atom stereocenters. The van der Waals surface area contributed by atoms with Crippen LogP contribution in [0.15, 0.2) is 42.5 Å². The molecule has 0 unspecified atom stereocenters. The Kier molecular flexibility index (Phi) is 3.75. The highest BCUT2D eigenvalue weighted by molar-refractivity contribution is 7.15. The second-order valence-electron chi connectivity index (χ2n) is 4.02. The van der Waals surface area contributed by atoms with Crippen molar-refractivity contribution in [1.82, 2.24) is 0 Å². The van der Waals surface area contributed by atoms with Crippen LogP contribution in [0.4, 0.5) is 0 Å². The Hall–Kier alpha value is -1.12. The van der Waals surface area contributed by atoms with Crippen molar-refractivity contribution in [2.45, 2.75) is 25.9 Å². The minimum atomic E-state index is -0.206. The van der Waals surface area contributed by atoms with E-state index in [1.165, 1.54) is 15.3 Å². The monoisotopic (exact) mass is 232 g/mol. The Morgan fingerprint density at radius 2 is 1.88 bits per heavy atom. The van der Waals surface area contributed by atoms with Gasteiger partial charge in [0.1, 0.15) is 0 Å². The minimum Gasteiger partial charge on any atom is -0.393 e. The lowest BCUT2D eigenvalue weighted by atomic mass is 10.2. The largest absolute Gasteiger partial charge is 0.393 e. The Balaban J connectivity index is 2.08. The molecule has 2 aromatic rings. The molecular weight excluding hydrogens is 216 g/mol. The highest BCUT2D eigenvalue weighted by Gasteiger charge is 2.03. The lowest BCUT2D eigenvalue weighted by molar-refractivity contribution is 0.185. The predicted molar refractivity (Wildman–Crippen MR) is 69.8 cm³/mol. The fraction of sp³-hybridized carbons (Fsp3) is 0.286. The van der Waals surface area contributed by atoms with Gasteiger partial charge in [-0.25, -0.2) is 0 Å². The van der Waals surface area contributed by atoms with E-state index in [9.17, 15) is 5.11 Å². The van der Waals surface area contributed by atoms with Gasteiger partial charge in [-0.1, -0.05) is 30.3 Å². The molecule has 2 heteroatoms. The van der Waals surface area contributed by atoms with Crippen molar-refractivity contribution in [3.63, 3.8) is 0 Å². The second-order valence-corrected chi connectivity index (χ2v) is 5.19. The molecule has 1 heterocycles. The zero-order chi connectivity index (χ0) is 11.4. The molecule has 16 heavy (non-hydrogen) atoms. The standard InChI is InChI=1S/C14H16OS/c1-11(15)7-8-13-9-10-14(16-13)12-5-3-2-4-6-12/h2-6,9-11,15H,7-8H2,1H3/t11-/m1/s1. The molecule has 0 aliphatic heterocycles. The maximum absolute atomic E-state index is 9.24. The molecule has 1 aromatic carbocycles. The van der Waals surface area contributed by atoms with Crippen molar-refractivity contribution >= 4 is 11.3 Å². The van der Waals surface area contributed by atoms with Crippen molar-refractivity contribution in [3.8, 4) is 10.4 Å². The van der Waals surface area contributed by atoms with E-state index >= 15 is 0 Å². The van der Waals surface area contributed by atoms with Gasteiger partial charge in [-0.2, -0.15) is 0 Å². The van der Waals surface area contributed by atoms with Crippen molar-refractivity contribution in [1.29, 1.82) is 0 Å². The van der Waals surface area contributed by atoms with Gasteiger partial charge >= 0.3 is 0 Å². The van der Waals surface area contributed by atoms with Crippen LogP contribution in [0.25, 0.3) is 10.4 Å². The van der Waals surface area contributed by atoms with Crippen molar-refractivity contribution < 1.29 is 5.11 Å². The Labute approximate surface area is 100 Å². The van der Waals surface area contributed by atoms with Crippen LogP contribution >= 0.6 is 11.3 Å². The highest BCUT2D eigenvalue weighted by atomic mass is 32.1. The van der Waals surface area contributed by atoms with E-state index in [2.05, 4.69) is 36.4 Å². The summed E-state index contributed by atoms with van der Waals surface area (Å²) in [4.78, 5) is 2.65. The van der Waals surface area contributed by atoms with E-state index in [-0.39, 0.29) is 6.10 Å². The molecule has 0 bridgehead atoms. The van der Waals surface area contributed by atoms with Gasteiger partial charge in [0.15, 0.2) is 0 Å². The molecule has 0 fully saturated rings. The first-order valence-electron chi connectivity index (χ1n) is 5.58. The first-order chi connectivity index (χ1) is 7.75. The fourth-order valence-corrected chi connectivity index (χ4v) is 2.65. The van der Waals surface area contributed by atoms with Crippen molar-refractivity contribution in [2.75, 3.05) is 0 Å². The molecule has 1 N–H and O–H groups in total. The van der Waals surface area contributed by atoms with Gasteiger partial charge in [-0.05, 0) is 37.5 Å². The molecule has 0 aliphatic carbocycles. The number of aliphatic hydroxyl groups is 1. The quantitative estimate of drug-likeness (QED) is 0.851. The summed E-state index contributed by atoms with van der Waals surface area (Å²) >= 11 is 1.82. The molecule has 0 saturated carbocycles. The lowest BCUT2D eigenvalue weighted by Crippen LogP contribution is -1.99. The Morgan fingerprint density at radius 3 is 2.56 bits per heavy atom. The normalized spacial score (nSPS) is 12.6. The summed E-state index contributed by atoms with van der Waals surface area (Å²) < 4.78 is 0. The highest BCUT2D eigenvalue weighted by Crippen LogP contribution is 2.28. The molecule has 0 amide bonds. The van der Waals surface area contributed by atoms with Crippen LogP contribution < -0.4 is 0 Å². The molecule has 0 radical (unpaired) electrons. The van der Waals surface area contributed by atoms with E-state index in [0.29, 0.717) is 0 Å². The maximum Gasteiger partial charge on any atom is 0.0515 e. The van der Waals surface area contributed by atoms with Gasteiger partial charge in [-0.3, -0.25) is 0 Å². The van der Waals surface area contributed by atoms with E-state index in [1.807, 2.05) is 24.3 Å². The summed E-state index contributed by atoms with van der Waals surface area (Å²) in [6.45, 7) is 1.84. The van der Waals surface area contributed by atoms with Crippen LogP contribution in [0, 0.1) is 0 Å². The van der Waals surface area contributed by atoms with Gasteiger partial charge < -0.3 is 5.11 Å². The third kappa shape index (κ3) is 2.94. The third-order valence-electron chi connectivity index (χ3n) is 2.53. The molecule has 2 rings (SSSR count). The summed E-state index contributed by atoms with van der Waals surface area (Å²) in [6.07, 6.45) is 1.60. The number of hydrogen-bond acceptors (Lipinski definition) is 2. The number of aliphatic hydroxyl groups excluding tert-OH is 1. The van der Waals surface area contributed by atoms with Crippen molar-refractivity contribution in [3.05, 3.63) is 47.3 Å². The minimum absolute atomic E-state index is 0.206. The number of rotatable bonds is 4. The van der Waals surface area contributed by atoms with Crippen LogP contribution in [-0.2, 0) is 6.42 Å². The van der Waals surface area contributed by atoms with E-state index in [1.54, 1.807) is 0 Å². The number of aryl methyl sites for hydroxylation is 1. The topological polar surface area (TPSA) is 20.2 Å². The van der Waals surface area contributed by atoms with Crippen LogP contribution in [0.5, 0.6) is 0 Å². The smallest absolute Gasteiger partial charge is 0.0515 e. The molecule has 84 valence electrons. The second kappa shape index (κ2) is 5.28. The summed E-state index contributed by atoms with van der Waals surface area (Å²) in [6, 6.07) is 14.7. The zero-order valence-electron chi connectivity index (χ0n) is 9.39. The number of thiophene rings is 1. The Bertz CT molecular complexity index is 431. The van der Waals surface area contributed by atoms with Crippen LogP contribution in [-0.4, -0.2) is 11.2 Å². The first-order valence-corrected chi connectivity index (χ1v) is 6.39. The fourth-order valence-electron chi connectivity index (χ4n) is 1.62. The average molecular weight is 232 g/mol. The molecule has 0 spiro atoms. The van der Waals surface area contributed by atoms with Crippen LogP contribution in [0.2, 0.25) is 0 Å². The van der Waals surface area contributed by atoms with Crippen LogP contribution in [0.3, 0.4) is 0 Å². The van der Waals surface area contributed by atoms with E-state index in [0.717, 1.165) is 12.8 Å². The first kappa shape index (κ1) is 11.4. The molecule has 0 saturated heterocycles. The lowest BCUT2D eigenvalue weighted by Gasteiger charge is -2.00. The van der Waals surface area contributed by atoms with Crippen LogP contribution in [0.1, 0.15) is 18.2 Å². The van der Waals surface area contributed by atoms with Gasteiger partial charge in [0.2, 0.25) is 0 Å². The van der Waals surface area contributed by atoms with Crippen molar-refractivity contribution in [2.24, 2.45) is 0 Å². The Morgan fingerprint density at radius 1 is 1.12 bits per heavy atom. The van der Waals surface area contributed by atoms with Gasteiger partial charge in [0.05, 0.1) is 6.10 Å². The molecule has 0 aliphatic rings.